The van der Waals surface area contributed by atoms with Gasteiger partial charge in [-0.2, -0.15) is 0 Å². The molecule has 1 aromatic carbocycles. The van der Waals surface area contributed by atoms with Crippen molar-refractivity contribution >= 4 is 37.9 Å². The molecule has 8 heteroatoms. The van der Waals surface area contributed by atoms with Crippen LogP contribution in [0.2, 0.25) is 5.02 Å². The van der Waals surface area contributed by atoms with Crippen molar-refractivity contribution in [2.24, 2.45) is 0 Å². The smallest absolute Gasteiger partial charge is 0.234 e. The highest BCUT2D eigenvalue weighted by Crippen LogP contribution is 2.24. The molecule has 0 amide bonds. The zero-order valence-electron chi connectivity index (χ0n) is 8.50. The topological polar surface area (TPSA) is 85.9 Å². The van der Waals surface area contributed by atoms with E-state index in [1.807, 2.05) is 0 Å². The van der Waals surface area contributed by atoms with Crippen LogP contribution in [0.1, 0.15) is 5.56 Å². The molecule has 0 saturated heterocycles. The second-order valence-corrected chi connectivity index (χ2v) is 6.84. The van der Waals surface area contributed by atoms with Gasteiger partial charge in [-0.15, -0.1) is 10.2 Å². The Labute approximate surface area is 107 Å². The van der Waals surface area contributed by atoms with E-state index in [4.69, 9.17) is 17.3 Å². The van der Waals surface area contributed by atoms with Gasteiger partial charge < -0.3 is 5.73 Å². The van der Waals surface area contributed by atoms with Crippen LogP contribution in [0.5, 0.6) is 0 Å². The fraction of sp³-hybridized carbons (Fsp3) is 0.111. The summed E-state index contributed by atoms with van der Waals surface area (Å²) in [6.45, 7) is 0. The van der Waals surface area contributed by atoms with Crippen LogP contribution in [0.15, 0.2) is 28.6 Å². The van der Waals surface area contributed by atoms with E-state index in [2.05, 4.69) is 10.2 Å². The summed E-state index contributed by atoms with van der Waals surface area (Å²) in [5, 5.41) is 7.55. The average Bonchev–Trinajstić information content (AvgIpc) is 2.69. The molecule has 0 saturated carbocycles. The van der Waals surface area contributed by atoms with Gasteiger partial charge in [-0.05, 0) is 11.6 Å². The molecule has 0 fully saturated rings. The SMILES string of the molecule is Nc1nnc(S(=O)(=O)Cc2ccccc2Cl)s1. The Morgan fingerprint density at radius 2 is 2.00 bits per heavy atom. The van der Waals surface area contributed by atoms with Crippen molar-refractivity contribution in [1.29, 1.82) is 0 Å². The first-order valence-electron chi connectivity index (χ1n) is 4.54. The molecule has 0 radical (unpaired) electrons. The number of hydrogen-bond donors (Lipinski definition) is 1. The van der Waals surface area contributed by atoms with Gasteiger partial charge in [-0.25, -0.2) is 8.42 Å². The highest BCUT2D eigenvalue weighted by molar-refractivity contribution is 7.92. The molecule has 0 spiro atoms. The lowest BCUT2D eigenvalue weighted by Gasteiger charge is -2.02. The molecule has 0 unspecified atom stereocenters. The molecular formula is C9H8ClN3O2S2. The number of halogens is 1. The molecule has 90 valence electrons. The molecule has 0 aliphatic carbocycles. The van der Waals surface area contributed by atoms with E-state index in [0.29, 0.717) is 10.6 Å². The lowest BCUT2D eigenvalue weighted by atomic mass is 10.2. The molecule has 0 aliphatic rings. The maximum absolute atomic E-state index is 12.0. The quantitative estimate of drug-likeness (QED) is 0.930. The molecule has 0 atom stereocenters. The van der Waals surface area contributed by atoms with Crippen molar-refractivity contribution in [3.63, 3.8) is 0 Å². The van der Waals surface area contributed by atoms with Crippen molar-refractivity contribution in [2.45, 2.75) is 10.1 Å². The van der Waals surface area contributed by atoms with Gasteiger partial charge in [-0.1, -0.05) is 41.1 Å². The number of anilines is 1. The fourth-order valence-electron chi connectivity index (χ4n) is 1.23. The predicted molar refractivity (Wildman–Crippen MR) is 66.7 cm³/mol. The van der Waals surface area contributed by atoms with Gasteiger partial charge in [0.05, 0.1) is 5.75 Å². The lowest BCUT2D eigenvalue weighted by Crippen LogP contribution is -2.05. The van der Waals surface area contributed by atoms with E-state index >= 15 is 0 Å². The number of rotatable bonds is 3. The Hall–Kier alpha value is -1.18. The molecule has 5 nitrogen and oxygen atoms in total. The molecular weight excluding hydrogens is 282 g/mol. The highest BCUT2D eigenvalue weighted by Gasteiger charge is 2.21. The third kappa shape index (κ3) is 2.74. The summed E-state index contributed by atoms with van der Waals surface area (Å²) in [5.41, 5.74) is 5.88. The highest BCUT2D eigenvalue weighted by atomic mass is 35.5. The van der Waals surface area contributed by atoms with Gasteiger partial charge in [0.2, 0.25) is 19.3 Å². The van der Waals surface area contributed by atoms with Crippen LogP contribution in [-0.2, 0) is 15.6 Å². The Morgan fingerprint density at radius 3 is 2.59 bits per heavy atom. The van der Waals surface area contributed by atoms with Gasteiger partial charge in [0.15, 0.2) is 0 Å². The first kappa shape index (κ1) is 12.3. The second-order valence-electron chi connectivity index (χ2n) is 3.26. The zero-order valence-corrected chi connectivity index (χ0v) is 10.9. The summed E-state index contributed by atoms with van der Waals surface area (Å²) in [6.07, 6.45) is 0. The van der Waals surface area contributed by atoms with Crippen molar-refractivity contribution in [3.05, 3.63) is 34.9 Å². The normalized spacial score (nSPS) is 11.6. The van der Waals surface area contributed by atoms with Crippen LogP contribution in [0.4, 0.5) is 5.13 Å². The van der Waals surface area contributed by atoms with Crippen molar-refractivity contribution in [1.82, 2.24) is 10.2 Å². The van der Waals surface area contributed by atoms with Gasteiger partial charge in [-0.3, -0.25) is 0 Å². The first-order chi connectivity index (χ1) is 7.99. The van der Waals surface area contributed by atoms with E-state index in [-0.39, 0.29) is 15.2 Å². The molecule has 1 aromatic heterocycles. The maximum Gasteiger partial charge on any atom is 0.234 e. The van der Waals surface area contributed by atoms with E-state index < -0.39 is 9.84 Å². The Balaban J connectivity index is 2.33. The summed E-state index contributed by atoms with van der Waals surface area (Å²) in [4.78, 5) is 0. The largest absolute Gasteiger partial charge is 0.374 e. The standard InChI is InChI=1S/C9H8ClN3O2S2/c10-7-4-2-1-3-6(7)5-17(14,15)9-13-12-8(11)16-9/h1-4H,5H2,(H2,11,12). The number of nitrogen functional groups attached to an aromatic ring is 1. The van der Waals surface area contributed by atoms with Crippen molar-refractivity contribution < 1.29 is 8.42 Å². The zero-order chi connectivity index (χ0) is 12.5. The number of nitrogens with two attached hydrogens (primary N) is 1. The third-order valence-electron chi connectivity index (χ3n) is 1.99. The van der Waals surface area contributed by atoms with Crippen LogP contribution in [0.25, 0.3) is 0 Å². The van der Waals surface area contributed by atoms with Crippen LogP contribution >= 0.6 is 22.9 Å². The molecule has 1 heterocycles. The molecule has 17 heavy (non-hydrogen) atoms. The van der Waals surface area contributed by atoms with Crippen LogP contribution in [0.3, 0.4) is 0 Å². The lowest BCUT2D eigenvalue weighted by molar-refractivity contribution is 0.593. The monoisotopic (exact) mass is 289 g/mol. The molecule has 2 aromatic rings. The molecule has 2 rings (SSSR count). The molecule has 0 aliphatic heterocycles. The maximum atomic E-state index is 12.0. The van der Waals surface area contributed by atoms with Gasteiger partial charge in [0, 0.05) is 5.02 Å². The van der Waals surface area contributed by atoms with Crippen molar-refractivity contribution in [3.8, 4) is 0 Å². The predicted octanol–water partition coefficient (Wildman–Crippen LogP) is 1.75. The van der Waals surface area contributed by atoms with Crippen LogP contribution < -0.4 is 5.73 Å². The van der Waals surface area contributed by atoms with Gasteiger partial charge >= 0.3 is 0 Å². The summed E-state index contributed by atoms with van der Waals surface area (Å²) in [7, 11) is -3.53. The minimum atomic E-state index is -3.53. The van der Waals surface area contributed by atoms with Crippen LogP contribution in [0, 0.1) is 0 Å². The second kappa shape index (κ2) is 4.59. The summed E-state index contributed by atoms with van der Waals surface area (Å²) in [5.74, 6) is -0.207. The molecule has 2 N–H and O–H groups in total. The molecule has 0 bridgehead atoms. The van der Waals surface area contributed by atoms with E-state index in [1.54, 1.807) is 24.3 Å². The number of nitrogens with zero attached hydrogens (tertiary/aromatic N) is 2. The number of benzene rings is 1. The summed E-state index contributed by atoms with van der Waals surface area (Å²) in [6, 6.07) is 6.76. The minimum Gasteiger partial charge on any atom is -0.374 e. The Kier molecular flexibility index (Phi) is 3.32. The number of aromatic nitrogens is 2. The van der Waals surface area contributed by atoms with Gasteiger partial charge in [0.25, 0.3) is 0 Å². The van der Waals surface area contributed by atoms with E-state index in [0.717, 1.165) is 11.3 Å². The minimum absolute atomic E-state index is 0.0880. The summed E-state index contributed by atoms with van der Waals surface area (Å²) >= 11 is 6.75. The van der Waals surface area contributed by atoms with Gasteiger partial charge in [0.1, 0.15) is 0 Å². The van der Waals surface area contributed by atoms with Crippen molar-refractivity contribution in [2.75, 3.05) is 5.73 Å². The first-order valence-corrected chi connectivity index (χ1v) is 7.39. The van der Waals surface area contributed by atoms with E-state index in [9.17, 15) is 8.42 Å². The number of hydrogen-bond acceptors (Lipinski definition) is 6. The van der Waals surface area contributed by atoms with Crippen LogP contribution in [-0.4, -0.2) is 18.6 Å². The summed E-state index contributed by atoms with van der Waals surface area (Å²) < 4.78 is 23.8. The van der Waals surface area contributed by atoms with E-state index in [1.165, 1.54) is 0 Å². The fourth-order valence-corrected chi connectivity index (χ4v) is 3.74. The Bertz CT molecular complexity index is 639. The average molecular weight is 290 g/mol. The Morgan fingerprint density at radius 1 is 1.29 bits per heavy atom. The number of sulfone groups is 1. The third-order valence-corrected chi connectivity index (χ3v) is 5.22.